The van der Waals surface area contributed by atoms with Crippen LogP contribution in [0.3, 0.4) is 0 Å². The van der Waals surface area contributed by atoms with Crippen LogP contribution in [0.2, 0.25) is 0 Å². The molecule has 0 aliphatic rings. The van der Waals surface area contributed by atoms with Crippen LogP contribution in [0, 0.1) is 6.92 Å². The summed E-state index contributed by atoms with van der Waals surface area (Å²) in [7, 11) is 0. The Balaban J connectivity index is 3.09. The van der Waals surface area contributed by atoms with Crippen LogP contribution in [0.15, 0.2) is 25.3 Å². The van der Waals surface area contributed by atoms with Crippen LogP contribution in [0.1, 0.15) is 32.5 Å². The summed E-state index contributed by atoms with van der Waals surface area (Å²) < 4.78 is 10.1. The molecule has 8 heteroatoms. The van der Waals surface area contributed by atoms with E-state index in [9.17, 15) is 14.4 Å². The van der Waals surface area contributed by atoms with Crippen molar-refractivity contribution in [1.29, 1.82) is 0 Å². The van der Waals surface area contributed by atoms with Gasteiger partial charge in [-0.2, -0.15) is 0 Å². The van der Waals surface area contributed by atoms with E-state index in [1.165, 1.54) is 17.8 Å². The van der Waals surface area contributed by atoms with E-state index in [2.05, 4.69) is 18.5 Å². The van der Waals surface area contributed by atoms with Gasteiger partial charge in [-0.3, -0.25) is 4.79 Å². The number of carbonyl (C=O) groups is 3. The van der Waals surface area contributed by atoms with Gasteiger partial charge in [-0.1, -0.05) is 18.7 Å². The van der Waals surface area contributed by atoms with Crippen LogP contribution < -0.4 is 5.32 Å². The average molecular weight is 383 g/mol. The number of nitrogens with one attached hydrogen (secondary N) is 1. The van der Waals surface area contributed by atoms with E-state index in [1.807, 2.05) is 0 Å². The van der Waals surface area contributed by atoms with Gasteiger partial charge < -0.3 is 14.8 Å². The number of thiophene rings is 1. The van der Waals surface area contributed by atoms with E-state index in [-0.39, 0.29) is 40.3 Å². The van der Waals surface area contributed by atoms with Crippen LogP contribution in [0.25, 0.3) is 0 Å². The fraction of sp³-hybridized carbons (Fsp3) is 0.353. The Kier molecular flexibility index (Phi) is 9.01. The van der Waals surface area contributed by atoms with E-state index < -0.39 is 11.9 Å². The van der Waals surface area contributed by atoms with Crippen molar-refractivity contribution in [3.63, 3.8) is 0 Å². The standard InChI is InChI=1S/C17H21NO5S2/c1-5-8-23-17(21)14-11(4)13(16(20)22-7-3)15(25-14)18-12(19)10-24-9-6-2/h5-6H,1-2,7-10H2,3-4H3,(H,18,19). The molecule has 1 N–H and O–H groups in total. The van der Waals surface area contributed by atoms with Gasteiger partial charge in [-0.05, 0) is 19.4 Å². The Morgan fingerprint density at radius 1 is 1.20 bits per heavy atom. The minimum atomic E-state index is -0.590. The van der Waals surface area contributed by atoms with E-state index >= 15 is 0 Å². The normalized spacial score (nSPS) is 10.0. The molecule has 6 nitrogen and oxygen atoms in total. The predicted molar refractivity (Wildman–Crippen MR) is 102 cm³/mol. The van der Waals surface area contributed by atoms with Gasteiger partial charge in [0.25, 0.3) is 0 Å². The van der Waals surface area contributed by atoms with Gasteiger partial charge in [0, 0.05) is 5.75 Å². The summed E-state index contributed by atoms with van der Waals surface area (Å²) in [6.45, 7) is 10.6. The molecule has 1 amide bonds. The van der Waals surface area contributed by atoms with E-state index in [0.29, 0.717) is 11.3 Å². The molecule has 0 radical (unpaired) electrons. The average Bonchev–Trinajstić information content (AvgIpc) is 2.89. The molecule has 1 aromatic heterocycles. The fourth-order valence-electron chi connectivity index (χ4n) is 1.84. The maximum absolute atomic E-state index is 12.2. The summed E-state index contributed by atoms with van der Waals surface area (Å²) in [5.41, 5.74) is 0.603. The molecule has 0 saturated carbocycles. The third-order valence-electron chi connectivity index (χ3n) is 2.87. The Morgan fingerprint density at radius 3 is 2.52 bits per heavy atom. The molecule has 0 spiro atoms. The monoisotopic (exact) mass is 383 g/mol. The minimum Gasteiger partial charge on any atom is -0.462 e. The number of esters is 2. The predicted octanol–water partition coefficient (Wildman–Crippen LogP) is 3.43. The van der Waals surface area contributed by atoms with Crippen LogP contribution in [0.5, 0.6) is 0 Å². The molecule has 0 atom stereocenters. The van der Waals surface area contributed by atoms with Gasteiger partial charge in [0.1, 0.15) is 16.5 Å². The Bertz CT molecular complexity index is 666. The topological polar surface area (TPSA) is 81.7 Å². The molecule has 1 rings (SSSR count). The molecule has 0 fully saturated rings. The highest BCUT2D eigenvalue weighted by Gasteiger charge is 2.27. The van der Waals surface area contributed by atoms with Crippen molar-refractivity contribution < 1.29 is 23.9 Å². The summed E-state index contributed by atoms with van der Waals surface area (Å²) in [5.74, 6) is -0.588. The largest absolute Gasteiger partial charge is 0.462 e. The first-order chi connectivity index (χ1) is 12.0. The number of amides is 1. The number of hydrogen-bond acceptors (Lipinski definition) is 7. The first-order valence-corrected chi connectivity index (χ1v) is 9.50. The highest BCUT2D eigenvalue weighted by atomic mass is 32.2. The smallest absolute Gasteiger partial charge is 0.348 e. The number of carbonyl (C=O) groups excluding carboxylic acids is 3. The lowest BCUT2D eigenvalue weighted by Gasteiger charge is -2.06. The Morgan fingerprint density at radius 2 is 1.92 bits per heavy atom. The lowest BCUT2D eigenvalue weighted by atomic mass is 10.1. The minimum absolute atomic E-state index is 0.0603. The SMILES string of the molecule is C=CCOC(=O)c1sc(NC(=O)CSCC=C)c(C(=O)OCC)c1C. The number of rotatable bonds is 10. The summed E-state index contributed by atoms with van der Waals surface area (Å²) in [6.07, 6.45) is 3.15. The molecule has 25 heavy (non-hydrogen) atoms. The zero-order valence-corrected chi connectivity index (χ0v) is 15.9. The number of anilines is 1. The van der Waals surface area contributed by atoms with Gasteiger partial charge in [0.15, 0.2) is 0 Å². The molecule has 0 saturated heterocycles. The van der Waals surface area contributed by atoms with Crippen molar-refractivity contribution in [3.05, 3.63) is 41.3 Å². The first kappa shape index (κ1) is 21.0. The molecule has 0 aliphatic heterocycles. The second-order valence-electron chi connectivity index (χ2n) is 4.72. The van der Waals surface area contributed by atoms with Crippen molar-refractivity contribution in [3.8, 4) is 0 Å². The molecule has 0 aliphatic carbocycles. The van der Waals surface area contributed by atoms with Crippen molar-refractivity contribution in [2.45, 2.75) is 13.8 Å². The lowest BCUT2D eigenvalue weighted by molar-refractivity contribution is -0.113. The van der Waals surface area contributed by atoms with Crippen molar-refractivity contribution >= 4 is 45.9 Å². The summed E-state index contributed by atoms with van der Waals surface area (Å²) in [5, 5.41) is 2.96. The third kappa shape index (κ3) is 6.06. The fourth-order valence-corrected chi connectivity index (χ4v) is 3.49. The summed E-state index contributed by atoms with van der Waals surface area (Å²) in [4.78, 5) is 36.6. The van der Waals surface area contributed by atoms with Gasteiger partial charge in [0.05, 0.1) is 17.9 Å². The molecule has 136 valence electrons. The van der Waals surface area contributed by atoms with Crippen LogP contribution >= 0.6 is 23.1 Å². The van der Waals surface area contributed by atoms with Crippen LogP contribution in [-0.4, -0.2) is 42.6 Å². The highest BCUT2D eigenvalue weighted by molar-refractivity contribution is 8.00. The number of thioether (sulfide) groups is 1. The molecule has 0 bridgehead atoms. The van der Waals surface area contributed by atoms with Crippen molar-refractivity contribution in [2.24, 2.45) is 0 Å². The second-order valence-corrected chi connectivity index (χ2v) is 6.77. The quantitative estimate of drug-likeness (QED) is 0.379. The first-order valence-electron chi connectivity index (χ1n) is 7.53. The van der Waals surface area contributed by atoms with E-state index in [0.717, 1.165) is 11.3 Å². The van der Waals surface area contributed by atoms with Crippen LogP contribution in [-0.2, 0) is 14.3 Å². The summed E-state index contributed by atoms with van der Waals surface area (Å²) in [6, 6.07) is 0. The van der Waals surface area contributed by atoms with E-state index in [1.54, 1.807) is 19.9 Å². The lowest BCUT2D eigenvalue weighted by Crippen LogP contribution is -2.16. The molecule has 0 aromatic carbocycles. The van der Waals surface area contributed by atoms with Crippen LogP contribution in [0.4, 0.5) is 5.00 Å². The molecule has 0 unspecified atom stereocenters. The highest BCUT2D eigenvalue weighted by Crippen LogP contribution is 2.34. The van der Waals surface area contributed by atoms with Crippen molar-refractivity contribution in [1.82, 2.24) is 0 Å². The van der Waals surface area contributed by atoms with Gasteiger partial charge in [-0.25, -0.2) is 9.59 Å². The van der Waals surface area contributed by atoms with Gasteiger partial charge >= 0.3 is 11.9 Å². The van der Waals surface area contributed by atoms with Crippen molar-refractivity contribution in [2.75, 3.05) is 30.0 Å². The van der Waals surface area contributed by atoms with Gasteiger partial charge in [-0.15, -0.1) is 29.7 Å². The van der Waals surface area contributed by atoms with Gasteiger partial charge in [0.2, 0.25) is 5.91 Å². The summed E-state index contributed by atoms with van der Waals surface area (Å²) >= 11 is 2.38. The molecular formula is C17H21NO5S2. The molecular weight excluding hydrogens is 362 g/mol. The third-order valence-corrected chi connectivity index (χ3v) is 4.99. The Labute approximate surface area is 155 Å². The second kappa shape index (κ2) is 10.7. The zero-order valence-electron chi connectivity index (χ0n) is 14.3. The molecule has 1 heterocycles. The molecule has 1 aromatic rings. The number of ether oxygens (including phenoxy) is 2. The number of hydrogen-bond donors (Lipinski definition) is 1. The Hall–Kier alpha value is -2.06. The van der Waals surface area contributed by atoms with E-state index in [4.69, 9.17) is 9.47 Å². The maximum atomic E-state index is 12.2. The zero-order chi connectivity index (χ0) is 18.8. The maximum Gasteiger partial charge on any atom is 0.348 e.